The van der Waals surface area contributed by atoms with E-state index in [-0.39, 0.29) is 0 Å². The fourth-order valence-electron chi connectivity index (χ4n) is 2.68. The number of aryl methyl sites for hydroxylation is 1. The topological polar surface area (TPSA) is 47.6 Å². The predicted molar refractivity (Wildman–Crippen MR) is 99.9 cm³/mol. The first-order valence-corrected chi connectivity index (χ1v) is 9.88. The van der Waals surface area contributed by atoms with Crippen molar-refractivity contribution in [2.45, 2.75) is 26.4 Å². The van der Waals surface area contributed by atoms with Gasteiger partial charge in [0.2, 0.25) is 0 Å². The molecule has 1 unspecified atom stereocenters. The SMILES string of the molecule is CCOP(=O)(OCC)C(c1ccc(C)cc1)c1ccc(NC)cc1. The van der Waals surface area contributed by atoms with Crippen LogP contribution in [0.3, 0.4) is 0 Å². The van der Waals surface area contributed by atoms with E-state index in [4.69, 9.17) is 9.05 Å². The second-order valence-electron chi connectivity index (χ2n) is 5.56. The number of anilines is 1. The Balaban J connectivity index is 2.54. The van der Waals surface area contributed by atoms with Crippen molar-refractivity contribution in [2.75, 3.05) is 25.6 Å². The minimum atomic E-state index is -3.33. The summed E-state index contributed by atoms with van der Waals surface area (Å²) in [5.74, 6) is 0. The molecule has 0 saturated heterocycles. The van der Waals surface area contributed by atoms with Gasteiger partial charge in [0, 0.05) is 12.7 Å². The molecule has 2 rings (SSSR count). The molecule has 0 aromatic heterocycles. The Kier molecular flexibility index (Phi) is 6.61. The second kappa shape index (κ2) is 8.48. The van der Waals surface area contributed by atoms with Crippen LogP contribution in [0.4, 0.5) is 5.69 Å². The van der Waals surface area contributed by atoms with Crippen LogP contribution in [-0.4, -0.2) is 20.3 Å². The van der Waals surface area contributed by atoms with Crippen LogP contribution in [0.5, 0.6) is 0 Å². The van der Waals surface area contributed by atoms with Crippen LogP contribution in [0, 0.1) is 6.92 Å². The van der Waals surface area contributed by atoms with Crippen LogP contribution in [0.2, 0.25) is 0 Å². The molecule has 0 aliphatic carbocycles. The molecule has 5 heteroatoms. The van der Waals surface area contributed by atoms with Gasteiger partial charge in [0.05, 0.1) is 13.2 Å². The summed E-state index contributed by atoms with van der Waals surface area (Å²) in [7, 11) is -1.46. The molecule has 0 aliphatic heterocycles. The number of benzene rings is 2. The van der Waals surface area contributed by atoms with E-state index in [1.807, 2.05) is 76.3 Å². The van der Waals surface area contributed by atoms with E-state index < -0.39 is 13.3 Å². The minimum Gasteiger partial charge on any atom is -0.388 e. The van der Waals surface area contributed by atoms with Crippen molar-refractivity contribution in [1.29, 1.82) is 0 Å². The van der Waals surface area contributed by atoms with Crippen LogP contribution in [-0.2, 0) is 13.6 Å². The molecule has 0 radical (unpaired) electrons. The van der Waals surface area contributed by atoms with Gasteiger partial charge < -0.3 is 14.4 Å². The third-order valence-electron chi connectivity index (χ3n) is 3.84. The number of hydrogen-bond donors (Lipinski definition) is 1. The molecule has 0 heterocycles. The van der Waals surface area contributed by atoms with Crippen LogP contribution in [0.15, 0.2) is 48.5 Å². The summed E-state index contributed by atoms with van der Waals surface area (Å²) >= 11 is 0. The summed E-state index contributed by atoms with van der Waals surface area (Å²) in [5.41, 5.74) is 3.57. The van der Waals surface area contributed by atoms with Gasteiger partial charge in [0.25, 0.3) is 0 Å². The Labute approximate surface area is 144 Å². The van der Waals surface area contributed by atoms with Gasteiger partial charge in [-0.25, -0.2) is 0 Å². The number of hydrogen-bond acceptors (Lipinski definition) is 4. The fourth-order valence-corrected chi connectivity index (χ4v) is 4.85. The maximum Gasteiger partial charge on any atom is 0.342 e. The minimum absolute atomic E-state index is 0.342. The molecule has 0 spiro atoms. The molecule has 24 heavy (non-hydrogen) atoms. The van der Waals surface area contributed by atoms with Gasteiger partial charge in [-0.05, 0) is 44.0 Å². The average molecular weight is 347 g/mol. The highest BCUT2D eigenvalue weighted by atomic mass is 31.2. The van der Waals surface area contributed by atoms with Crippen molar-refractivity contribution in [3.63, 3.8) is 0 Å². The van der Waals surface area contributed by atoms with Gasteiger partial charge in [-0.1, -0.05) is 42.0 Å². The largest absolute Gasteiger partial charge is 0.388 e. The standard InChI is InChI=1S/C19H26NO3P/c1-5-22-24(21,23-6-2)19(16-9-7-15(3)8-10-16)17-11-13-18(20-4)14-12-17/h7-14,19-20H,5-6H2,1-4H3. The lowest BCUT2D eigenvalue weighted by Gasteiger charge is -2.27. The zero-order valence-corrected chi connectivity index (χ0v) is 15.7. The Morgan fingerprint density at radius 2 is 1.38 bits per heavy atom. The van der Waals surface area contributed by atoms with E-state index in [0.29, 0.717) is 13.2 Å². The lowest BCUT2D eigenvalue weighted by atomic mass is 10.0. The van der Waals surface area contributed by atoms with Gasteiger partial charge in [-0.15, -0.1) is 0 Å². The van der Waals surface area contributed by atoms with Crippen LogP contribution in [0.25, 0.3) is 0 Å². The lowest BCUT2D eigenvalue weighted by Crippen LogP contribution is -2.08. The van der Waals surface area contributed by atoms with Crippen LogP contribution >= 0.6 is 7.60 Å². The Morgan fingerprint density at radius 3 is 1.79 bits per heavy atom. The first-order chi connectivity index (χ1) is 11.5. The van der Waals surface area contributed by atoms with E-state index in [2.05, 4.69) is 5.32 Å². The summed E-state index contributed by atoms with van der Waals surface area (Å²) in [4.78, 5) is 0. The van der Waals surface area contributed by atoms with Gasteiger partial charge >= 0.3 is 7.60 Å². The molecule has 2 aromatic rings. The normalized spacial score (nSPS) is 12.8. The van der Waals surface area contributed by atoms with E-state index in [9.17, 15) is 4.57 Å². The summed E-state index contributed by atoms with van der Waals surface area (Å²) < 4.78 is 24.8. The molecule has 1 atom stereocenters. The van der Waals surface area contributed by atoms with Gasteiger partial charge in [-0.2, -0.15) is 0 Å². The van der Waals surface area contributed by atoms with Crippen molar-refractivity contribution in [3.8, 4) is 0 Å². The summed E-state index contributed by atoms with van der Waals surface area (Å²) in [5, 5.41) is 3.10. The molecule has 2 aromatic carbocycles. The molecule has 0 amide bonds. The van der Waals surface area contributed by atoms with Gasteiger partial charge in [0.15, 0.2) is 0 Å². The smallest absolute Gasteiger partial charge is 0.342 e. The van der Waals surface area contributed by atoms with Gasteiger partial charge in [-0.3, -0.25) is 4.57 Å². The third-order valence-corrected chi connectivity index (χ3v) is 6.31. The summed E-state index contributed by atoms with van der Waals surface area (Å²) in [6.07, 6.45) is 0. The average Bonchev–Trinajstić information content (AvgIpc) is 2.58. The van der Waals surface area contributed by atoms with E-state index >= 15 is 0 Å². The van der Waals surface area contributed by atoms with Crippen molar-refractivity contribution < 1.29 is 13.6 Å². The number of nitrogens with one attached hydrogen (secondary N) is 1. The first kappa shape index (κ1) is 18.7. The Morgan fingerprint density at radius 1 is 0.917 bits per heavy atom. The monoisotopic (exact) mass is 347 g/mol. The second-order valence-corrected chi connectivity index (χ2v) is 7.67. The van der Waals surface area contributed by atoms with Crippen LogP contribution in [0.1, 0.15) is 36.2 Å². The molecule has 0 saturated carbocycles. The molecule has 1 N–H and O–H groups in total. The highest BCUT2D eigenvalue weighted by Crippen LogP contribution is 2.63. The van der Waals surface area contributed by atoms with Crippen molar-refractivity contribution in [3.05, 3.63) is 65.2 Å². The zero-order chi connectivity index (χ0) is 17.6. The van der Waals surface area contributed by atoms with E-state index in [1.54, 1.807) is 0 Å². The quantitative estimate of drug-likeness (QED) is 0.650. The molecule has 0 fully saturated rings. The van der Waals surface area contributed by atoms with E-state index in [1.165, 1.54) is 0 Å². The summed E-state index contributed by atoms with van der Waals surface area (Å²) in [6, 6.07) is 15.9. The highest BCUT2D eigenvalue weighted by molar-refractivity contribution is 7.54. The van der Waals surface area contributed by atoms with Crippen molar-refractivity contribution >= 4 is 13.3 Å². The Bertz CT molecular complexity index is 673. The highest BCUT2D eigenvalue weighted by Gasteiger charge is 2.38. The third kappa shape index (κ3) is 4.27. The van der Waals surface area contributed by atoms with Crippen molar-refractivity contribution in [1.82, 2.24) is 0 Å². The molecule has 0 aliphatic rings. The van der Waals surface area contributed by atoms with Gasteiger partial charge in [0.1, 0.15) is 5.66 Å². The Hall–Kier alpha value is -1.61. The first-order valence-electron chi connectivity index (χ1n) is 8.27. The molecular weight excluding hydrogens is 321 g/mol. The lowest BCUT2D eigenvalue weighted by molar-refractivity contribution is 0.215. The predicted octanol–water partition coefficient (Wildman–Crippen LogP) is 5.39. The van der Waals surface area contributed by atoms with Crippen molar-refractivity contribution in [2.24, 2.45) is 0 Å². The van der Waals surface area contributed by atoms with Crippen LogP contribution < -0.4 is 5.32 Å². The fraction of sp³-hybridized carbons (Fsp3) is 0.368. The van der Waals surface area contributed by atoms with E-state index in [0.717, 1.165) is 22.4 Å². The molecule has 130 valence electrons. The maximum atomic E-state index is 13.5. The molecule has 4 nitrogen and oxygen atoms in total. The molecular formula is C19H26NO3P. The number of rotatable bonds is 8. The summed E-state index contributed by atoms with van der Waals surface area (Å²) in [6.45, 7) is 6.39. The molecule has 0 bridgehead atoms. The maximum absolute atomic E-state index is 13.5. The zero-order valence-electron chi connectivity index (χ0n) is 14.8.